The maximum absolute atomic E-state index is 2.61. The molecule has 0 saturated carbocycles. The monoisotopic (exact) mass is 926 g/mol. The second-order valence-corrected chi connectivity index (χ2v) is 24.7. The van der Waals surface area contributed by atoms with E-state index in [0.717, 1.165) is 0 Å². The fourth-order valence-electron chi connectivity index (χ4n) is 11.4. The Morgan fingerprint density at radius 1 is 0.348 bits per heavy atom. The fraction of sp³-hybridized carbons (Fsp3) is 0.188. The number of hydrogen-bond donors (Lipinski definition) is 0. The molecule has 0 unspecified atom stereocenters. The summed E-state index contributed by atoms with van der Waals surface area (Å²) in [7, 11) is 0. The van der Waals surface area contributed by atoms with Crippen LogP contribution in [0.5, 0.6) is 0 Å². The van der Waals surface area contributed by atoms with E-state index in [0.29, 0.717) is 0 Å². The lowest BCUT2D eigenvalue weighted by atomic mass is 9.39. The van der Waals surface area contributed by atoms with Crippen LogP contribution in [0.1, 0.15) is 79.0 Å². The van der Waals surface area contributed by atoms with Crippen LogP contribution in [-0.2, 0) is 16.2 Å². The number of anilines is 6. The van der Waals surface area contributed by atoms with Crippen LogP contribution in [0.2, 0.25) is 0 Å². The zero-order valence-electron chi connectivity index (χ0n) is 41.0. The fourth-order valence-corrected chi connectivity index (χ4v) is 14.0. The van der Waals surface area contributed by atoms with Crippen molar-refractivity contribution in [2.24, 2.45) is 0 Å². The molecule has 0 radical (unpaired) electrons. The molecule has 0 atom stereocenters. The van der Waals surface area contributed by atoms with E-state index in [1.165, 1.54) is 129 Å². The van der Waals surface area contributed by atoms with Crippen LogP contribution in [-0.4, -0.2) is 6.71 Å². The van der Waals surface area contributed by atoms with Crippen LogP contribution >= 0.6 is 22.7 Å². The van der Waals surface area contributed by atoms with Gasteiger partial charge in [0.2, 0.25) is 0 Å². The summed E-state index contributed by atoms with van der Waals surface area (Å²) in [5, 5.41) is 10.5. The van der Waals surface area contributed by atoms with E-state index in [-0.39, 0.29) is 23.0 Å². The van der Waals surface area contributed by atoms with Crippen molar-refractivity contribution in [3.05, 3.63) is 187 Å². The first-order valence-corrected chi connectivity index (χ1v) is 26.2. The molecule has 2 nitrogen and oxygen atoms in total. The minimum absolute atomic E-state index is 0.00396. The quantitative estimate of drug-likeness (QED) is 0.129. The summed E-state index contributed by atoms with van der Waals surface area (Å²) in [5.74, 6) is 0. The predicted molar refractivity (Wildman–Crippen MR) is 305 cm³/mol. The minimum atomic E-state index is 0.00396. The van der Waals surface area contributed by atoms with E-state index in [4.69, 9.17) is 0 Å². The molecule has 0 amide bonds. The standard InChI is InChI=1S/C64H55BN2S2/c1-62(2,3)40-24-30-44(31-25-40)67-54-20-14-19-53-57(54)65(61-59(67)52-37-42(64(7,8)9)27-34-56(52)69-61)60-58(51-36-41(63(4,5)6)26-33-55(51)68-60)66(53)43-28-21-38(22-29-43)39-23-32-49-47-17-11-10-15-45(47)46-16-12-13-18-48(46)50(49)35-39/h10-37H,1-9H3. The third-order valence-electron chi connectivity index (χ3n) is 15.1. The highest BCUT2D eigenvalue weighted by molar-refractivity contribution is 7.40. The van der Waals surface area contributed by atoms with Gasteiger partial charge in [0.05, 0.1) is 11.4 Å². The van der Waals surface area contributed by atoms with Gasteiger partial charge in [-0.3, -0.25) is 0 Å². The van der Waals surface area contributed by atoms with E-state index in [1.807, 2.05) is 22.7 Å². The average Bonchev–Trinajstić information content (AvgIpc) is 3.92. The molecule has 9 aromatic carbocycles. The van der Waals surface area contributed by atoms with E-state index >= 15 is 0 Å². The van der Waals surface area contributed by atoms with Crippen molar-refractivity contribution in [1.82, 2.24) is 0 Å². The topological polar surface area (TPSA) is 6.48 Å². The molecule has 0 fully saturated rings. The molecule has 2 aromatic heterocycles. The molecule has 0 spiro atoms. The van der Waals surface area contributed by atoms with Gasteiger partial charge in [-0.1, -0.05) is 165 Å². The van der Waals surface area contributed by atoms with Crippen molar-refractivity contribution < 1.29 is 0 Å². The molecule has 2 aliphatic rings. The predicted octanol–water partition coefficient (Wildman–Crippen LogP) is 17.2. The largest absolute Gasteiger partial charge is 0.310 e. The number of fused-ring (bicyclic) bond motifs is 14. The van der Waals surface area contributed by atoms with Gasteiger partial charge in [-0.05, 0) is 149 Å². The highest BCUT2D eigenvalue weighted by Gasteiger charge is 2.47. The molecular weight excluding hydrogens is 872 g/mol. The Morgan fingerprint density at radius 2 is 0.754 bits per heavy atom. The van der Waals surface area contributed by atoms with Crippen molar-refractivity contribution in [2.75, 3.05) is 9.80 Å². The van der Waals surface area contributed by atoms with Gasteiger partial charge < -0.3 is 9.80 Å². The Kier molecular flexibility index (Phi) is 9.18. The lowest BCUT2D eigenvalue weighted by Crippen LogP contribution is -2.59. The number of thiophene rings is 2. The summed E-state index contributed by atoms with van der Waals surface area (Å²) in [4.78, 5) is 5.21. The smallest absolute Gasteiger partial charge is 0.277 e. The third-order valence-corrected chi connectivity index (χ3v) is 17.6. The van der Waals surface area contributed by atoms with E-state index < -0.39 is 0 Å². The summed E-state index contributed by atoms with van der Waals surface area (Å²) in [6.45, 7) is 21.0. The first kappa shape index (κ1) is 42.4. The van der Waals surface area contributed by atoms with E-state index in [2.05, 4.69) is 242 Å². The van der Waals surface area contributed by atoms with Gasteiger partial charge in [0.25, 0.3) is 6.71 Å². The van der Waals surface area contributed by atoms with Crippen LogP contribution in [0, 0.1) is 0 Å². The normalized spacial score (nSPS) is 13.8. The molecule has 11 aromatic rings. The molecule has 0 N–H and O–H groups in total. The van der Waals surface area contributed by atoms with Crippen molar-refractivity contribution >= 4 is 131 Å². The molecule has 13 rings (SSSR count). The van der Waals surface area contributed by atoms with Crippen molar-refractivity contribution in [2.45, 2.75) is 78.6 Å². The van der Waals surface area contributed by atoms with Crippen LogP contribution in [0.25, 0.3) is 63.6 Å². The molecule has 5 heteroatoms. The SMILES string of the molecule is CC(C)(C)c1ccc(N2c3cccc4c3B(c3sc5ccc(C(C)(C)C)cc5c3N4c3ccc(-c4ccc5c6ccccc6c6ccccc6c5c4)cc3)c3sc4ccc(C(C)(C)C)cc4c32)cc1. The van der Waals surface area contributed by atoms with Crippen molar-refractivity contribution in [3.8, 4) is 11.1 Å². The lowest BCUT2D eigenvalue weighted by molar-refractivity contribution is 0.590. The maximum atomic E-state index is 2.61. The first-order valence-electron chi connectivity index (χ1n) is 24.5. The summed E-state index contributed by atoms with van der Waals surface area (Å²) >= 11 is 3.98. The Labute approximate surface area is 414 Å². The molecule has 69 heavy (non-hydrogen) atoms. The summed E-state index contributed by atoms with van der Waals surface area (Å²) < 4.78 is 5.51. The summed E-state index contributed by atoms with van der Waals surface area (Å²) in [6, 6.07) is 65.2. The Morgan fingerprint density at radius 3 is 1.22 bits per heavy atom. The second kappa shape index (κ2) is 14.9. The molecule has 336 valence electrons. The number of rotatable bonds is 3. The van der Waals surface area contributed by atoms with Gasteiger partial charge in [0.15, 0.2) is 0 Å². The Hall–Kier alpha value is -6.66. The Balaban J connectivity index is 1.04. The molecule has 2 aliphatic heterocycles. The minimum Gasteiger partial charge on any atom is -0.310 e. The van der Waals surface area contributed by atoms with Crippen molar-refractivity contribution in [1.29, 1.82) is 0 Å². The van der Waals surface area contributed by atoms with Gasteiger partial charge in [-0.2, -0.15) is 0 Å². The first-order chi connectivity index (χ1) is 33.1. The highest BCUT2D eigenvalue weighted by Crippen LogP contribution is 2.51. The average molecular weight is 927 g/mol. The van der Waals surface area contributed by atoms with Gasteiger partial charge in [-0.15, -0.1) is 22.7 Å². The third kappa shape index (κ3) is 6.50. The van der Waals surface area contributed by atoms with Gasteiger partial charge >= 0.3 is 0 Å². The van der Waals surface area contributed by atoms with Crippen molar-refractivity contribution in [3.63, 3.8) is 0 Å². The van der Waals surface area contributed by atoms with Gasteiger partial charge in [0, 0.05) is 52.5 Å². The van der Waals surface area contributed by atoms with Crippen LogP contribution in [0.3, 0.4) is 0 Å². The number of benzene rings is 9. The lowest BCUT2D eigenvalue weighted by Gasteiger charge is -2.42. The molecule has 0 bridgehead atoms. The molecule has 0 saturated heterocycles. The highest BCUT2D eigenvalue weighted by atomic mass is 32.1. The summed E-state index contributed by atoms with van der Waals surface area (Å²) in [6.07, 6.45) is 0. The Bertz CT molecular complexity index is 3870. The second-order valence-electron chi connectivity index (χ2n) is 22.6. The number of nitrogens with zero attached hydrogens (tertiary/aromatic N) is 2. The molecular formula is C64H55BN2S2. The van der Waals surface area contributed by atoms with E-state index in [1.54, 1.807) is 0 Å². The van der Waals surface area contributed by atoms with E-state index in [9.17, 15) is 0 Å². The van der Waals surface area contributed by atoms with Crippen LogP contribution < -0.4 is 24.8 Å². The molecule has 0 aliphatic carbocycles. The zero-order chi connectivity index (χ0) is 47.3. The number of hydrogen-bond acceptors (Lipinski definition) is 4. The molecule has 4 heterocycles. The van der Waals surface area contributed by atoms with Gasteiger partial charge in [0.1, 0.15) is 0 Å². The maximum Gasteiger partial charge on any atom is 0.277 e. The zero-order valence-corrected chi connectivity index (χ0v) is 42.6. The summed E-state index contributed by atoms with van der Waals surface area (Å²) in [5.41, 5.74) is 15.4. The van der Waals surface area contributed by atoms with Crippen LogP contribution in [0.4, 0.5) is 34.1 Å². The van der Waals surface area contributed by atoms with Crippen LogP contribution in [0.15, 0.2) is 170 Å². The van der Waals surface area contributed by atoms with Gasteiger partial charge in [-0.25, -0.2) is 0 Å².